The average Bonchev–Trinajstić information content (AvgIpc) is 3.09. The van der Waals surface area contributed by atoms with E-state index in [2.05, 4.69) is 42.4 Å². The van der Waals surface area contributed by atoms with Crippen LogP contribution in [0.15, 0.2) is 59.0 Å². The summed E-state index contributed by atoms with van der Waals surface area (Å²) in [5.41, 5.74) is 10.1. The van der Waals surface area contributed by atoms with Crippen molar-refractivity contribution in [3.8, 4) is 11.3 Å². The van der Waals surface area contributed by atoms with Gasteiger partial charge >= 0.3 is 0 Å². The molecule has 0 aliphatic carbocycles. The van der Waals surface area contributed by atoms with Crippen molar-refractivity contribution in [3.63, 3.8) is 0 Å². The molecule has 27 heavy (non-hydrogen) atoms. The molecule has 3 heterocycles. The molecule has 3 aromatic rings. The van der Waals surface area contributed by atoms with Crippen molar-refractivity contribution in [2.75, 3.05) is 32.0 Å². The highest BCUT2D eigenvalue weighted by Gasteiger charge is 2.13. The summed E-state index contributed by atoms with van der Waals surface area (Å²) < 4.78 is 5.38. The van der Waals surface area contributed by atoms with Crippen LogP contribution in [0.25, 0.3) is 11.3 Å². The summed E-state index contributed by atoms with van der Waals surface area (Å²) in [7, 11) is 0. The Morgan fingerprint density at radius 2 is 1.78 bits per heavy atom. The number of rotatable bonds is 5. The zero-order valence-electron chi connectivity index (χ0n) is 14.9. The molecular weight excluding hydrogens is 342 g/mol. The van der Waals surface area contributed by atoms with Crippen LogP contribution >= 0.6 is 0 Å². The monoisotopic (exact) mass is 363 g/mol. The molecule has 1 aliphatic heterocycles. The minimum absolute atomic E-state index is 0.314. The van der Waals surface area contributed by atoms with Crippen molar-refractivity contribution in [2.24, 2.45) is 10.2 Å². The highest BCUT2D eigenvalue weighted by Crippen LogP contribution is 2.33. The maximum atomic E-state index is 5.94. The van der Waals surface area contributed by atoms with Crippen molar-refractivity contribution in [1.82, 2.24) is 20.1 Å². The minimum atomic E-state index is 0.314. The standard InChI is InChI=1S/C19H21N7O/c20-19-18(17(23-25-19)15-5-7-21-8-6-15)24-22-16-3-1-14(2-4-16)13-26-9-11-27-12-10-26/h1-8H,9-13H2,(H3,20,23,25). The number of hydrogen-bond donors (Lipinski definition) is 2. The zero-order chi connectivity index (χ0) is 18.5. The molecule has 0 atom stereocenters. The molecule has 1 saturated heterocycles. The van der Waals surface area contributed by atoms with Crippen LogP contribution in [-0.2, 0) is 11.3 Å². The van der Waals surface area contributed by atoms with Gasteiger partial charge in [0.15, 0.2) is 11.5 Å². The van der Waals surface area contributed by atoms with Gasteiger partial charge in [-0.1, -0.05) is 12.1 Å². The van der Waals surface area contributed by atoms with E-state index >= 15 is 0 Å². The number of anilines is 1. The lowest BCUT2D eigenvalue weighted by molar-refractivity contribution is 0.0342. The number of azo groups is 1. The Bertz CT molecular complexity index is 900. The third-order valence-electron chi connectivity index (χ3n) is 4.45. The molecule has 1 aromatic carbocycles. The van der Waals surface area contributed by atoms with Gasteiger partial charge in [0.1, 0.15) is 0 Å². The van der Waals surface area contributed by atoms with Gasteiger partial charge in [-0.05, 0) is 29.8 Å². The summed E-state index contributed by atoms with van der Waals surface area (Å²) in [6.45, 7) is 4.47. The smallest absolute Gasteiger partial charge is 0.173 e. The van der Waals surface area contributed by atoms with E-state index in [1.807, 2.05) is 24.3 Å². The molecule has 138 valence electrons. The number of morpholine rings is 1. The molecule has 2 aromatic heterocycles. The Morgan fingerprint density at radius 3 is 2.52 bits per heavy atom. The van der Waals surface area contributed by atoms with Gasteiger partial charge < -0.3 is 10.5 Å². The van der Waals surface area contributed by atoms with Crippen LogP contribution in [0.1, 0.15) is 5.56 Å². The maximum Gasteiger partial charge on any atom is 0.173 e. The van der Waals surface area contributed by atoms with E-state index in [4.69, 9.17) is 10.5 Å². The van der Waals surface area contributed by atoms with Gasteiger partial charge in [0.2, 0.25) is 0 Å². The first-order valence-corrected chi connectivity index (χ1v) is 8.84. The van der Waals surface area contributed by atoms with Crippen LogP contribution in [0, 0.1) is 0 Å². The summed E-state index contributed by atoms with van der Waals surface area (Å²) in [4.78, 5) is 6.40. The number of benzene rings is 1. The molecular formula is C19H21N7O. The number of H-pyrrole nitrogens is 1. The Morgan fingerprint density at radius 1 is 1.04 bits per heavy atom. The normalized spacial score (nSPS) is 15.4. The number of aromatic amines is 1. The first kappa shape index (κ1) is 17.3. The number of ether oxygens (including phenoxy) is 1. The van der Waals surface area contributed by atoms with Gasteiger partial charge in [0.05, 0.1) is 24.6 Å². The molecule has 0 bridgehead atoms. The fraction of sp³-hybridized carbons (Fsp3) is 0.263. The molecule has 1 fully saturated rings. The zero-order valence-corrected chi connectivity index (χ0v) is 14.9. The number of nitrogens with two attached hydrogens (primary N) is 1. The van der Waals surface area contributed by atoms with E-state index in [9.17, 15) is 0 Å². The highest BCUT2D eigenvalue weighted by atomic mass is 16.5. The largest absolute Gasteiger partial charge is 0.380 e. The van der Waals surface area contributed by atoms with Crippen LogP contribution in [0.2, 0.25) is 0 Å². The summed E-state index contributed by atoms with van der Waals surface area (Å²) in [5.74, 6) is 0.314. The summed E-state index contributed by atoms with van der Waals surface area (Å²) in [5, 5.41) is 15.6. The van der Waals surface area contributed by atoms with Crippen molar-refractivity contribution >= 4 is 17.2 Å². The van der Waals surface area contributed by atoms with Crippen molar-refractivity contribution in [3.05, 3.63) is 54.4 Å². The second kappa shape index (κ2) is 8.07. The van der Waals surface area contributed by atoms with Crippen molar-refractivity contribution < 1.29 is 4.74 Å². The Balaban J connectivity index is 1.48. The van der Waals surface area contributed by atoms with Crippen LogP contribution in [0.4, 0.5) is 17.2 Å². The topological polar surface area (TPSA) is 105 Å². The molecule has 0 unspecified atom stereocenters. The molecule has 4 rings (SSSR count). The Kier molecular flexibility index (Phi) is 5.17. The fourth-order valence-electron chi connectivity index (χ4n) is 2.96. The molecule has 8 heteroatoms. The third kappa shape index (κ3) is 4.18. The van der Waals surface area contributed by atoms with Crippen LogP contribution in [-0.4, -0.2) is 46.4 Å². The van der Waals surface area contributed by atoms with Crippen molar-refractivity contribution in [2.45, 2.75) is 6.54 Å². The number of aromatic nitrogens is 3. The second-order valence-electron chi connectivity index (χ2n) is 6.32. The molecule has 1 aliphatic rings. The molecule has 0 saturated carbocycles. The second-order valence-corrected chi connectivity index (χ2v) is 6.32. The van der Waals surface area contributed by atoms with E-state index in [0.29, 0.717) is 11.5 Å². The lowest BCUT2D eigenvalue weighted by atomic mass is 10.2. The Hall–Kier alpha value is -3.10. The number of nitrogens with one attached hydrogen (secondary N) is 1. The van der Waals surface area contributed by atoms with E-state index in [1.165, 1.54) is 5.56 Å². The van der Waals surface area contributed by atoms with E-state index in [-0.39, 0.29) is 0 Å². The van der Waals surface area contributed by atoms with Gasteiger partial charge in [-0.15, -0.1) is 5.11 Å². The van der Waals surface area contributed by atoms with Crippen LogP contribution < -0.4 is 5.73 Å². The fourth-order valence-corrected chi connectivity index (χ4v) is 2.96. The summed E-state index contributed by atoms with van der Waals surface area (Å²) in [6, 6.07) is 11.8. The van der Waals surface area contributed by atoms with Gasteiger partial charge in [-0.25, -0.2) is 0 Å². The lowest BCUT2D eigenvalue weighted by Gasteiger charge is -2.26. The minimum Gasteiger partial charge on any atom is -0.380 e. The quantitative estimate of drug-likeness (QED) is 0.677. The summed E-state index contributed by atoms with van der Waals surface area (Å²) >= 11 is 0. The average molecular weight is 363 g/mol. The van der Waals surface area contributed by atoms with E-state index < -0.39 is 0 Å². The summed E-state index contributed by atoms with van der Waals surface area (Å²) in [6.07, 6.45) is 3.42. The molecule has 8 nitrogen and oxygen atoms in total. The number of nitrogen functional groups attached to an aromatic ring is 1. The van der Waals surface area contributed by atoms with Crippen molar-refractivity contribution in [1.29, 1.82) is 0 Å². The number of nitrogens with zero attached hydrogens (tertiary/aromatic N) is 5. The SMILES string of the molecule is Nc1n[nH]c(-c2ccncc2)c1N=Nc1ccc(CN2CCOCC2)cc1. The molecule has 0 amide bonds. The van der Waals surface area contributed by atoms with E-state index in [0.717, 1.165) is 49.8 Å². The number of pyridine rings is 1. The first-order chi connectivity index (χ1) is 13.3. The van der Waals surface area contributed by atoms with Gasteiger partial charge in [0, 0.05) is 37.6 Å². The lowest BCUT2D eigenvalue weighted by Crippen LogP contribution is -2.35. The van der Waals surface area contributed by atoms with Gasteiger partial charge in [0.25, 0.3) is 0 Å². The molecule has 0 spiro atoms. The molecule has 3 N–H and O–H groups in total. The third-order valence-corrected chi connectivity index (χ3v) is 4.45. The first-order valence-electron chi connectivity index (χ1n) is 8.84. The van der Waals surface area contributed by atoms with Crippen LogP contribution in [0.3, 0.4) is 0 Å². The highest BCUT2D eigenvalue weighted by molar-refractivity contribution is 5.78. The van der Waals surface area contributed by atoms with Crippen LogP contribution in [0.5, 0.6) is 0 Å². The van der Waals surface area contributed by atoms with Gasteiger partial charge in [-0.2, -0.15) is 10.2 Å². The Labute approximate surface area is 157 Å². The van der Waals surface area contributed by atoms with E-state index in [1.54, 1.807) is 12.4 Å². The number of hydrogen-bond acceptors (Lipinski definition) is 7. The predicted octanol–water partition coefficient (Wildman–Crippen LogP) is 3.30. The maximum absolute atomic E-state index is 5.94. The van der Waals surface area contributed by atoms with Gasteiger partial charge in [-0.3, -0.25) is 15.0 Å². The molecule has 0 radical (unpaired) electrons. The predicted molar refractivity (Wildman–Crippen MR) is 103 cm³/mol.